The highest BCUT2D eigenvalue weighted by molar-refractivity contribution is 6.35. The van der Waals surface area contributed by atoms with Crippen LogP contribution in [0.4, 0.5) is 0 Å². The number of rotatable bonds is 4. The Kier molecular flexibility index (Phi) is 5.11. The molecule has 2 N–H and O–H groups in total. The van der Waals surface area contributed by atoms with Crippen molar-refractivity contribution in [3.05, 3.63) is 73.7 Å². The van der Waals surface area contributed by atoms with E-state index in [2.05, 4.69) is 20.6 Å². The first kappa shape index (κ1) is 18.2. The van der Waals surface area contributed by atoms with E-state index < -0.39 is 0 Å². The zero-order valence-electron chi connectivity index (χ0n) is 14.0. The van der Waals surface area contributed by atoms with Crippen molar-refractivity contribution in [1.29, 1.82) is 0 Å². The van der Waals surface area contributed by atoms with Gasteiger partial charge in [-0.2, -0.15) is 10.2 Å². The maximum atomic E-state index is 12.6. The van der Waals surface area contributed by atoms with Gasteiger partial charge in [0, 0.05) is 16.1 Å². The van der Waals surface area contributed by atoms with Crippen LogP contribution in [0.25, 0.3) is 5.82 Å². The minimum absolute atomic E-state index is 0.295. The highest BCUT2D eigenvalue weighted by Crippen LogP contribution is 2.26. The number of hydrogen-bond donors (Lipinski definition) is 2. The maximum Gasteiger partial charge on any atom is 0.264 e. The molecule has 3 rings (SSSR count). The molecule has 1 amide bonds. The van der Waals surface area contributed by atoms with Crippen LogP contribution in [0.3, 0.4) is 0 Å². The van der Waals surface area contributed by atoms with Gasteiger partial charge in [0.1, 0.15) is 0 Å². The maximum absolute atomic E-state index is 12.6. The predicted molar refractivity (Wildman–Crippen MR) is 99.1 cm³/mol. The quantitative estimate of drug-likeness (QED) is 0.714. The van der Waals surface area contributed by atoms with Crippen LogP contribution in [-0.2, 0) is 0 Å². The lowest BCUT2D eigenvalue weighted by Crippen LogP contribution is -2.27. The van der Waals surface area contributed by atoms with E-state index >= 15 is 0 Å². The van der Waals surface area contributed by atoms with Gasteiger partial charge in [-0.25, -0.2) is 9.78 Å². The third-order valence-electron chi connectivity index (χ3n) is 3.91. The van der Waals surface area contributed by atoms with Gasteiger partial charge < -0.3 is 5.32 Å². The Morgan fingerprint density at radius 2 is 2.04 bits per heavy atom. The number of H-pyrrole nitrogens is 1. The van der Waals surface area contributed by atoms with Crippen LogP contribution in [0.15, 0.2) is 41.3 Å². The van der Waals surface area contributed by atoms with Crippen LogP contribution in [0, 0.1) is 6.92 Å². The van der Waals surface area contributed by atoms with Crippen molar-refractivity contribution in [2.75, 3.05) is 0 Å². The van der Waals surface area contributed by atoms with Gasteiger partial charge in [-0.15, -0.1) is 0 Å². The van der Waals surface area contributed by atoms with Crippen molar-refractivity contribution in [3.8, 4) is 5.82 Å². The highest BCUT2D eigenvalue weighted by Gasteiger charge is 2.19. The van der Waals surface area contributed by atoms with Crippen LogP contribution in [0.2, 0.25) is 10.0 Å². The molecule has 1 atom stereocenters. The number of halogens is 2. The van der Waals surface area contributed by atoms with E-state index in [-0.39, 0.29) is 17.5 Å². The second kappa shape index (κ2) is 7.31. The molecule has 2 heterocycles. The van der Waals surface area contributed by atoms with Gasteiger partial charge in [-0.05, 0) is 37.6 Å². The van der Waals surface area contributed by atoms with Gasteiger partial charge in [-0.1, -0.05) is 29.3 Å². The van der Waals surface area contributed by atoms with Crippen molar-refractivity contribution in [1.82, 2.24) is 25.3 Å². The highest BCUT2D eigenvalue weighted by atomic mass is 35.5. The molecule has 1 unspecified atom stereocenters. The van der Waals surface area contributed by atoms with Gasteiger partial charge in [-0.3, -0.25) is 9.59 Å². The molecule has 0 spiro atoms. The molecule has 0 aliphatic carbocycles. The lowest BCUT2D eigenvalue weighted by molar-refractivity contribution is 0.0939. The molecule has 1 aromatic carbocycles. The summed E-state index contributed by atoms with van der Waals surface area (Å²) in [6.45, 7) is 3.57. The summed E-state index contributed by atoms with van der Waals surface area (Å²) in [5, 5.41) is 14.3. The Balaban J connectivity index is 1.82. The van der Waals surface area contributed by atoms with Crippen LogP contribution >= 0.6 is 23.2 Å². The zero-order valence-corrected chi connectivity index (χ0v) is 15.5. The third-order valence-corrected chi connectivity index (χ3v) is 4.47. The van der Waals surface area contributed by atoms with Crippen LogP contribution in [0.1, 0.15) is 34.6 Å². The fourth-order valence-corrected chi connectivity index (χ4v) is 3.10. The molecular formula is C17H15Cl2N5O2. The molecule has 0 saturated heterocycles. The molecule has 9 heteroatoms. The average molecular weight is 392 g/mol. The summed E-state index contributed by atoms with van der Waals surface area (Å²) in [4.78, 5) is 23.7. The number of amides is 1. The summed E-state index contributed by atoms with van der Waals surface area (Å²) in [6, 6.07) is 7.67. The van der Waals surface area contributed by atoms with E-state index in [0.717, 1.165) is 5.56 Å². The number of nitrogens with one attached hydrogen (secondary N) is 2. The van der Waals surface area contributed by atoms with Crippen LogP contribution in [-0.4, -0.2) is 25.9 Å². The molecule has 3 aromatic rings. The molecule has 26 heavy (non-hydrogen) atoms. The summed E-state index contributed by atoms with van der Waals surface area (Å²) < 4.78 is 1.48. The van der Waals surface area contributed by atoms with E-state index in [1.54, 1.807) is 25.1 Å². The summed E-state index contributed by atoms with van der Waals surface area (Å²) in [5.74, 6) is 0.117. The molecule has 0 fully saturated rings. The van der Waals surface area contributed by atoms with E-state index in [4.69, 9.17) is 23.2 Å². The fraction of sp³-hybridized carbons (Fsp3) is 0.176. The Morgan fingerprint density at radius 3 is 2.69 bits per heavy atom. The number of hydrogen-bond acceptors (Lipinski definition) is 4. The number of aromatic nitrogens is 4. The van der Waals surface area contributed by atoms with Crippen molar-refractivity contribution in [2.45, 2.75) is 19.9 Å². The summed E-state index contributed by atoms with van der Waals surface area (Å²) in [6.07, 6.45) is 1.45. The topological polar surface area (TPSA) is 92.7 Å². The number of benzene rings is 1. The van der Waals surface area contributed by atoms with Gasteiger partial charge in [0.25, 0.3) is 11.5 Å². The molecule has 0 radical (unpaired) electrons. The minimum atomic E-state index is -0.318. The summed E-state index contributed by atoms with van der Waals surface area (Å²) in [7, 11) is 0. The second-order valence-corrected chi connectivity index (χ2v) is 6.54. The number of carbonyl (C=O) groups is 1. The van der Waals surface area contributed by atoms with Crippen molar-refractivity contribution in [3.63, 3.8) is 0 Å². The third kappa shape index (κ3) is 3.63. The largest absolute Gasteiger partial charge is 0.345 e. The lowest BCUT2D eigenvalue weighted by Gasteiger charge is -2.16. The standard InChI is InChI=1S/C17H15Cl2N5O2/c1-9(12-4-3-11(18)7-14(12)19)21-17(26)13-8-20-24(10(13)2)15-5-6-16(25)23-22-15/h3-9H,1-2H3,(H,21,26)(H,23,25). The second-order valence-electron chi connectivity index (χ2n) is 5.70. The first-order valence-corrected chi connectivity index (χ1v) is 8.49. The molecule has 7 nitrogen and oxygen atoms in total. The molecule has 134 valence electrons. The van der Waals surface area contributed by atoms with Gasteiger partial charge in [0.05, 0.1) is 23.5 Å². The first-order valence-electron chi connectivity index (χ1n) is 7.73. The monoisotopic (exact) mass is 391 g/mol. The summed E-state index contributed by atoms with van der Waals surface area (Å²) in [5.41, 5.74) is 1.44. The lowest BCUT2D eigenvalue weighted by atomic mass is 10.1. The van der Waals surface area contributed by atoms with Gasteiger partial charge in [0.2, 0.25) is 0 Å². The normalized spacial score (nSPS) is 12.0. The Hall–Kier alpha value is -2.64. The number of nitrogens with zero attached hydrogens (tertiary/aromatic N) is 3. The smallest absolute Gasteiger partial charge is 0.264 e. The van der Waals surface area contributed by atoms with E-state index in [0.29, 0.717) is 27.1 Å². The Bertz CT molecular complexity index is 1010. The van der Waals surface area contributed by atoms with E-state index in [1.165, 1.54) is 23.0 Å². The van der Waals surface area contributed by atoms with Crippen molar-refractivity contribution < 1.29 is 4.79 Å². The van der Waals surface area contributed by atoms with Gasteiger partial charge >= 0.3 is 0 Å². The molecule has 0 aliphatic heterocycles. The zero-order chi connectivity index (χ0) is 18.8. The predicted octanol–water partition coefficient (Wildman–Crippen LogP) is 3.06. The SMILES string of the molecule is Cc1c(C(=O)NC(C)c2ccc(Cl)cc2Cl)cnn1-c1ccc(=O)[nH]n1. The average Bonchev–Trinajstić information content (AvgIpc) is 2.97. The van der Waals surface area contributed by atoms with Crippen LogP contribution in [0.5, 0.6) is 0 Å². The molecule has 2 aromatic heterocycles. The van der Waals surface area contributed by atoms with Gasteiger partial charge in [0.15, 0.2) is 5.82 Å². The van der Waals surface area contributed by atoms with E-state index in [1.807, 2.05) is 6.92 Å². The van der Waals surface area contributed by atoms with Crippen LogP contribution < -0.4 is 10.9 Å². The number of aromatic amines is 1. The summed E-state index contributed by atoms with van der Waals surface area (Å²) >= 11 is 12.1. The Labute approximate surface area is 158 Å². The molecular weight excluding hydrogens is 377 g/mol. The molecule has 0 saturated carbocycles. The van der Waals surface area contributed by atoms with E-state index in [9.17, 15) is 9.59 Å². The minimum Gasteiger partial charge on any atom is -0.345 e. The Morgan fingerprint density at radius 1 is 1.27 bits per heavy atom. The van der Waals surface area contributed by atoms with Crippen molar-refractivity contribution >= 4 is 29.1 Å². The molecule has 0 bridgehead atoms. The molecule has 0 aliphatic rings. The first-order chi connectivity index (χ1) is 12.4. The number of carbonyl (C=O) groups excluding carboxylic acids is 1. The van der Waals surface area contributed by atoms with Crippen molar-refractivity contribution in [2.24, 2.45) is 0 Å². The fourth-order valence-electron chi connectivity index (χ4n) is 2.52.